The van der Waals surface area contributed by atoms with Crippen molar-refractivity contribution in [1.29, 1.82) is 0 Å². The van der Waals surface area contributed by atoms with Gasteiger partial charge in [-0.3, -0.25) is 13.9 Å². The van der Waals surface area contributed by atoms with Crippen LogP contribution in [-0.4, -0.2) is 50.4 Å². The van der Waals surface area contributed by atoms with Gasteiger partial charge in [0.15, 0.2) is 0 Å². The zero-order valence-electron chi connectivity index (χ0n) is 26.7. The lowest BCUT2D eigenvalue weighted by Crippen LogP contribution is -2.54. The number of anilines is 1. The van der Waals surface area contributed by atoms with Crippen LogP contribution in [0.1, 0.15) is 43.7 Å². The van der Waals surface area contributed by atoms with E-state index in [9.17, 15) is 18.0 Å². The fourth-order valence-electron chi connectivity index (χ4n) is 5.88. The summed E-state index contributed by atoms with van der Waals surface area (Å²) in [4.78, 5) is 30.3. The van der Waals surface area contributed by atoms with Crippen LogP contribution in [-0.2, 0) is 32.6 Å². The fraction of sp³-hybridized carbons (Fsp3) is 0.297. The van der Waals surface area contributed by atoms with E-state index in [1.807, 2.05) is 37.3 Å². The van der Waals surface area contributed by atoms with Crippen molar-refractivity contribution < 1.29 is 22.7 Å². The van der Waals surface area contributed by atoms with E-state index >= 15 is 0 Å². The highest BCUT2D eigenvalue weighted by atomic mass is 35.5. The van der Waals surface area contributed by atoms with Gasteiger partial charge in [-0.1, -0.05) is 90.6 Å². The van der Waals surface area contributed by atoms with Crippen LogP contribution < -0.4 is 14.4 Å². The summed E-state index contributed by atoms with van der Waals surface area (Å²) in [5.41, 5.74) is 1.78. The number of rotatable bonds is 14. The molecule has 252 valence electrons. The Bertz CT molecular complexity index is 1790. The van der Waals surface area contributed by atoms with Gasteiger partial charge >= 0.3 is 0 Å². The first-order chi connectivity index (χ1) is 23.2. The summed E-state index contributed by atoms with van der Waals surface area (Å²) in [5, 5.41) is 3.83. The van der Waals surface area contributed by atoms with Gasteiger partial charge in [-0.25, -0.2) is 8.42 Å². The number of halogens is 2. The molecule has 0 saturated heterocycles. The molecule has 4 aromatic carbocycles. The molecule has 11 heteroatoms. The lowest BCUT2D eigenvalue weighted by atomic mass is 10.0. The normalized spacial score (nSPS) is 13.9. The molecule has 0 aromatic heterocycles. The van der Waals surface area contributed by atoms with Gasteiger partial charge in [-0.15, -0.1) is 0 Å². The van der Waals surface area contributed by atoms with Crippen LogP contribution >= 0.6 is 23.2 Å². The molecule has 5 rings (SSSR count). The van der Waals surface area contributed by atoms with Crippen molar-refractivity contribution >= 4 is 50.7 Å². The molecule has 0 aliphatic heterocycles. The maximum absolute atomic E-state index is 14.7. The second kappa shape index (κ2) is 16.4. The molecule has 2 amide bonds. The quantitative estimate of drug-likeness (QED) is 0.149. The van der Waals surface area contributed by atoms with Gasteiger partial charge in [0.05, 0.1) is 27.2 Å². The van der Waals surface area contributed by atoms with E-state index < -0.39 is 28.5 Å². The molecule has 0 bridgehead atoms. The number of carbonyl (C=O) groups excluding carboxylic acids is 2. The molecule has 1 fully saturated rings. The third-order valence-electron chi connectivity index (χ3n) is 8.36. The van der Waals surface area contributed by atoms with Crippen LogP contribution in [0.3, 0.4) is 0 Å². The number of sulfonamides is 1. The zero-order valence-corrected chi connectivity index (χ0v) is 29.1. The van der Waals surface area contributed by atoms with E-state index in [-0.39, 0.29) is 35.5 Å². The number of nitrogens with zero attached hydrogens (tertiary/aromatic N) is 2. The maximum atomic E-state index is 14.7. The highest BCUT2D eigenvalue weighted by Gasteiger charge is 2.35. The number of ether oxygens (including phenoxy) is 1. The second-order valence-electron chi connectivity index (χ2n) is 11.7. The van der Waals surface area contributed by atoms with Gasteiger partial charge in [0.2, 0.25) is 11.8 Å². The molecular formula is C37H39Cl2N3O5S. The maximum Gasteiger partial charge on any atom is 0.264 e. The second-order valence-corrected chi connectivity index (χ2v) is 14.4. The largest absolute Gasteiger partial charge is 0.494 e. The van der Waals surface area contributed by atoms with Crippen molar-refractivity contribution in [2.45, 2.75) is 62.6 Å². The Kier molecular flexibility index (Phi) is 12.0. The predicted octanol–water partition coefficient (Wildman–Crippen LogP) is 7.29. The summed E-state index contributed by atoms with van der Waals surface area (Å²) < 4.78 is 35.0. The van der Waals surface area contributed by atoms with Gasteiger partial charge < -0.3 is 15.0 Å². The third kappa shape index (κ3) is 8.89. The van der Waals surface area contributed by atoms with Gasteiger partial charge in [0.25, 0.3) is 10.0 Å². The summed E-state index contributed by atoms with van der Waals surface area (Å²) in [6.07, 6.45) is 4.00. The molecule has 1 aliphatic rings. The number of hydrogen-bond donors (Lipinski definition) is 1. The lowest BCUT2D eigenvalue weighted by molar-refractivity contribution is -0.140. The Labute approximate surface area is 292 Å². The van der Waals surface area contributed by atoms with Gasteiger partial charge in [-0.05, 0) is 79.4 Å². The molecule has 1 unspecified atom stereocenters. The summed E-state index contributed by atoms with van der Waals surface area (Å²) in [5.74, 6) is -0.285. The van der Waals surface area contributed by atoms with Crippen molar-refractivity contribution in [1.82, 2.24) is 10.2 Å². The average Bonchev–Trinajstić information content (AvgIpc) is 3.61. The van der Waals surface area contributed by atoms with Crippen LogP contribution in [0.5, 0.6) is 5.75 Å². The first kappa shape index (κ1) is 35.3. The Morgan fingerprint density at radius 3 is 2.12 bits per heavy atom. The molecule has 1 aliphatic carbocycles. The molecule has 1 saturated carbocycles. The topological polar surface area (TPSA) is 96.0 Å². The highest BCUT2D eigenvalue weighted by molar-refractivity contribution is 7.92. The number of carbonyl (C=O) groups is 2. The van der Waals surface area contributed by atoms with E-state index in [0.29, 0.717) is 28.0 Å². The van der Waals surface area contributed by atoms with Crippen molar-refractivity contribution in [3.8, 4) is 5.75 Å². The van der Waals surface area contributed by atoms with Crippen molar-refractivity contribution in [3.05, 3.63) is 124 Å². The fourth-order valence-corrected chi connectivity index (χ4v) is 7.64. The lowest BCUT2D eigenvalue weighted by Gasteiger charge is -2.34. The van der Waals surface area contributed by atoms with E-state index in [1.54, 1.807) is 60.7 Å². The molecule has 0 heterocycles. The number of hydrogen-bond acceptors (Lipinski definition) is 5. The van der Waals surface area contributed by atoms with E-state index in [2.05, 4.69) is 5.32 Å². The SMILES string of the molecule is CCOc1ccc(N(CC(=O)N(Cc2ccc(Cl)c(Cl)c2)C(Cc2ccccc2)C(=O)NC2CCCC2)S(=O)(=O)c2ccccc2)cc1. The van der Waals surface area contributed by atoms with Crippen molar-refractivity contribution in [3.63, 3.8) is 0 Å². The van der Waals surface area contributed by atoms with Crippen LogP contribution in [0.25, 0.3) is 0 Å². The molecule has 48 heavy (non-hydrogen) atoms. The van der Waals surface area contributed by atoms with Crippen LogP contribution in [0.4, 0.5) is 5.69 Å². The molecule has 0 spiro atoms. The van der Waals surface area contributed by atoms with Crippen LogP contribution in [0, 0.1) is 0 Å². The standard InChI is InChI=1S/C37H39Cl2N3O5S/c1-2-47-31-20-18-30(19-21-31)42(48(45,46)32-15-7-4-8-16-32)26-36(43)41(25-28-17-22-33(38)34(39)23-28)35(24-27-11-5-3-6-12-27)37(44)40-29-13-9-10-14-29/h3-8,11-12,15-23,29,35H,2,9-10,13-14,24-26H2,1H3,(H,40,44). The van der Waals surface area contributed by atoms with Gasteiger partial charge in [-0.2, -0.15) is 0 Å². The minimum atomic E-state index is -4.21. The Morgan fingerprint density at radius 2 is 1.50 bits per heavy atom. The minimum absolute atomic E-state index is 0.00614. The molecular weight excluding hydrogens is 669 g/mol. The summed E-state index contributed by atoms with van der Waals surface area (Å²) in [6.45, 7) is 1.73. The van der Waals surface area contributed by atoms with E-state index in [4.69, 9.17) is 27.9 Å². The minimum Gasteiger partial charge on any atom is -0.494 e. The Hall–Kier alpha value is -4.05. The van der Waals surface area contributed by atoms with Gasteiger partial charge in [0, 0.05) is 19.0 Å². The molecule has 1 N–H and O–H groups in total. The van der Waals surface area contributed by atoms with Crippen molar-refractivity contribution in [2.24, 2.45) is 0 Å². The van der Waals surface area contributed by atoms with E-state index in [0.717, 1.165) is 35.6 Å². The molecule has 4 aromatic rings. The summed E-state index contributed by atoms with van der Waals surface area (Å²) in [6, 6.07) is 28.1. The van der Waals surface area contributed by atoms with Crippen molar-refractivity contribution in [2.75, 3.05) is 17.5 Å². The van der Waals surface area contributed by atoms with Gasteiger partial charge in [0.1, 0.15) is 18.3 Å². The average molecular weight is 709 g/mol. The van der Waals surface area contributed by atoms with Crippen LogP contribution in [0.15, 0.2) is 108 Å². The first-order valence-electron chi connectivity index (χ1n) is 16.0. The Morgan fingerprint density at radius 1 is 0.854 bits per heavy atom. The third-order valence-corrected chi connectivity index (χ3v) is 10.9. The first-order valence-corrected chi connectivity index (χ1v) is 18.2. The molecule has 0 radical (unpaired) electrons. The summed E-state index contributed by atoms with van der Waals surface area (Å²) >= 11 is 12.6. The number of nitrogens with one attached hydrogen (secondary N) is 1. The smallest absolute Gasteiger partial charge is 0.264 e. The molecule has 8 nitrogen and oxygen atoms in total. The number of amides is 2. The van der Waals surface area contributed by atoms with E-state index in [1.165, 1.54) is 17.0 Å². The Balaban J connectivity index is 1.57. The number of benzene rings is 4. The monoisotopic (exact) mass is 707 g/mol. The summed E-state index contributed by atoms with van der Waals surface area (Å²) in [7, 11) is -4.21. The van der Waals surface area contributed by atoms with Crippen LogP contribution in [0.2, 0.25) is 10.0 Å². The zero-order chi connectivity index (χ0) is 34.1. The molecule has 1 atom stereocenters. The predicted molar refractivity (Wildman–Crippen MR) is 190 cm³/mol. The highest BCUT2D eigenvalue weighted by Crippen LogP contribution is 2.28.